The highest BCUT2D eigenvalue weighted by Crippen LogP contribution is 2.20. The van der Waals surface area contributed by atoms with Gasteiger partial charge in [-0.15, -0.1) is 0 Å². The second kappa shape index (κ2) is 7.74. The molecule has 2 aromatic rings. The lowest BCUT2D eigenvalue weighted by Gasteiger charge is -2.27. The van der Waals surface area contributed by atoms with Crippen molar-refractivity contribution in [1.82, 2.24) is 9.97 Å². The highest BCUT2D eigenvalue weighted by molar-refractivity contribution is 6.36. The average molecular weight is 370 g/mol. The van der Waals surface area contributed by atoms with Crippen LogP contribution in [-0.4, -0.2) is 42.5 Å². The standard InChI is InChI=1S/C15H14Cl2FN5O/c16-11-2-1-10(12(17)7-11)8-20-22-15-19-9-13(18)14(21-15)23-3-5-24-6-4-23/h1-2,7-9H,3-6H2,(H,19,21,22)/b20-8+. The first-order chi connectivity index (χ1) is 11.6. The maximum absolute atomic E-state index is 13.9. The Balaban J connectivity index is 1.72. The Labute approximate surface area is 148 Å². The first kappa shape index (κ1) is 16.9. The van der Waals surface area contributed by atoms with Gasteiger partial charge in [-0.1, -0.05) is 29.3 Å². The average Bonchev–Trinajstić information content (AvgIpc) is 2.59. The third-order valence-corrected chi connectivity index (χ3v) is 3.93. The van der Waals surface area contributed by atoms with E-state index >= 15 is 0 Å². The highest BCUT2D eigenvalue weighted by Gasteiger charge is 2.17. The number of hydrogen-bond donors (Lipinski definition) is 1. The first-order valence-electron chi connectivity index (χ1n) is 7.23. The largest absolute Gasteiger partial charge is 0.378 e. The Morgan fingerprint density at radius 1 is 1.29 bits per heavy atom. The second-order valence-corrected chi connectivity index (χ2v) is 5.84. The highest BCUT2D eigenvalue weighted by atomic mass is 35.5. The summed E-state index contributed by atoms with van der Waals surface area (Å²) in [5.41, 5.74) is 3.36. The van der Waals surface area contributed by atoms with Crippen LogP contribution in [0.2, 0.25) is 10.0 Å². The van der Waals surface area contributed by atoms with E-state index in [0.29, 0.717) is 41.9 Å². The zero-order valence-corrected chi connectivity index (χ0v) is 14.1. The zero-order chi connectivity index (χ0) is 16.9. The van der Waals surface area contributed by atoms with Crippen LogP contribution in [0.25, 0.3) is 0 Å². The Hall–Kier alpha value is -1.96. The van der Waals surface area contributed by atoms with Crippen LogP contribution in [0.5, 0.6) is 0 Å². The Morgan fingerprint density at radius 3 is 2.83 bits per heavy atom. The van der Waals surface area contributed by atoms with Crippen molar-refractivity contribution in [3.8, 4) is 0 Å². The first-order valence-corrected chi connectivity index (χ1v) is 7.98. The van der Waals surface area contributed by atoms with E-state index in [1.807, 2.05) is 4.90 Å². The predicted octanol–water partition coefficient (Wildman–Crippen LogP) is 3.21. The molecular formula is C15H14Cl2FN5O. The number of nitrogens with one attached hydrogen (secondary N) is 1. The van der Waals surface area contributed by atoms with Gasteiger partial charge in [0.1, 0.15) is 0 Å². The van der Waals surface area contributed by atoms with Crippen LogP contribution in [0.3, 0.4) is 0 Å². The van der Waals surface area contributed by atoms with Crippen LogP contribution in [0.4, 0.5) is 16.2 Å². The number of rotatable bonds is 4. The third-order valence-electron chi connectivity index (χ3n) is 3.37. The minimum atomic E-state index is -0.479. The number of hydrogen-bond acceptors (Lipinski definition) is 6. The molecule has 1 saturated heterocycles. The number of hydrazone groups is 1. The number of anilines is 2. The summed E-state index contributed by atoms with van der Waals surface area (Å²) in [5, 5.41) is 5.04. The maximum Gasteiger partial charge on any atom is 0.245 e. The van der Waals surface area contributed by atoms with Gasteiger partial charge in [0.2, 0.25) is 5.95 Å². The molecule has 6 nitrogen and oxygen atoms in total. The topological polar surface area (TPSA) is 62.6 Å². The third kappa shape index (κ3) is 4.11. The summed E-state index contributed by atoms with van der Waals surface area (Å²) in [6.07, 6.45) is 2.63. The number of nitrogens with zero attached hydrogens (tertiary/aromatic N) is 4. The molecule has 126 valence electrons. The van der Waals surface area contributed by atoms with Crippen LogP contribution in [0, 0.1) is 5.82 Å². The molecule has 1 aliphatic rings. The summed E-state index contributed by atoms with van der Waals surface area (Å²) in [5.74, 6) is -0.0538. The van der Waals surface area contributed by atoms with Gasteiger partial charge in [0.25, 0.3) is 0 Å². The second-order valence-electron chi connectivity index (χ2n) is 5.00. The molecular weight excluding hydrogens is 356 g/mol. The van der Waals surface area contributed by atoms with Gasteiger partial charge in [-0.05, 0) is 12.1 Å². The van der Waals surface area contributed by atoms with Gasteiger partial charge in [0, 0.05) is 23.7 Å². The normalized spacial score (nSPS) is 15.0. The lowest BCUT2D eigenvalue weighted by atomic mass is 10.2. The molecule has 3 rings (SSSR count). The van der Waals surface area contributed by atoms with Crippen molar-refractivity contribution in [2.75, 3.05) is 36.6 Å². The van der Waals surface area contributed by atoms with Crippen molar-refractivity contribution < 1.29 is 9.13 Å². The Bertz CT molecular complexity index is 753. The lowest BCUT2D eigenvalue weighted by molar-refractivity contribution is 0.122. The molecule has 1 aliphatic heterocycles. The summed E-state index contributed by atoms with van der Waals surface area (Å²) < 4.78 is 19.2. The van der Waals surface area contributed by atoms with Gasteiger partial charge in [-0.25, -0.2) is 14.8 Å². The summed E-state index contributed by atoms with van der Waals surface area (Å²) in [6, 6.07) is 5.07. The molecule has 0 unspecified atom stereocenters. The molecule has 0 aliphatic carbocycles. The smallest absolute Gasteiger partial charge is 0.245 e. The van der Waals surface area contributed by atoms with E-state index < -0.39 is 5.82 Å². The molecule has 2 heterocycles. The number of benzene rings is 1. The monoisotopic (exact) mass is 369 g/mol. The van der Waals surface area contributed by atoms with Gasteiger partial charge in [-0.3, -0.25) is 0 Å². The van der Waals surface area contributed by atoms with Gasteiger partial charge >= 0.3 is 0 Å². The molecule has 1 aromatic carbocycles. The van der Waals surface area contributed by atoms with E-state index in [9.17, 15) is 4.39 Å². The van der Waals surface area contributed by atoms with E-state index in [-0.39, 0.29) is 11.8 Å². The quantitative estimate of drug-likeness (QED) is 0.662. The van der Waals surface area contributed by atoms with Crippen LogP contribution >= 0.6 is 23.2 Å². The fraction of sp³-hybridized carbons (Fsp3) is 0.267. The number of aromatic nitrogens is 2. The van der Waals surface area contributed by atoms with Crippen LogP contribution in [0.1, 0.15) is 5.56 Å². The van der Waals surface area contributed by atoms with E-state index in [1.54, 1.807) is 18.2 Å². The minimum absolute atomic E-state index is 0.194. The number of halogens is 3. The molecule has 0 atom stereocenters. The Kier molecular flexibility index (Phi) is 5.44. The van der Waals surface area contributed by atoms with Crippen molar-refractivity contribution >= 4 is 41.2 Å². The van der Waals surface area contributed by atoms with E-state index in [0.717, 1.165) is 6.20 Å². The van der Waals surface area contributed by atoms with E-state index in [1.165, 1.54) is 6.21 Å². The summed E-state index contributed by atoms with van der Waals surface area (Å²) in [6.45, 7) is 2.24. The molecule has 1 fully saturated rings. The van der Waals surface area contributed by atoms with Crippen molar-refractivity contribution in [2.24, 2.45) is 5.10 Å². The van der Waals surface area contributed by atoms with Crippen molar-refractivity contribution in [2.45, 2.75) is 0 Å². The van der Waals surface area contributed by atoms with Gasteiger partial charge in [0.15, 0.2) is 11.6 Å². The van der Waals surface area contributed by atoms with Crippen molar-refractivity contribution in [1.29, 1.82) is 0 Å². The number of morpholine rings is 1. The molecule has 0 bridgehead atoms. The fourth-order valence-electron chi connectivity index (χ4n) is 2.17. The Morgan fingerprint density at radius 2 is 2.08 bits per heavy atom. The molecule has 0 spiro atoms. The van der Waals surface area contributed by atoms with Crippen LogP contribution < -0.4 is 10.3 Å². The molecule has 0 radical (unpaired) electrons. The molecule has 0 saturated carbocycles. The summed E-state index contributed by atoms with van der Waals surface area (Å²) >= 11 is 11.9. The van der Waals surface area contributed by atoms with E-state index in [4.69, 9.17) is 27.9 Å². The van der Waals surface area contributed by atoms with Gasteiger partial charge in [0.05, 0.1) is 30.6 Å². The molecule has 9 heteroatoms. The minimum Gasteiger partial charge on any atom is -0.378 e. The predicted molar refractivity (Wildman–Crippen MR) is 92.7 cm³/mol. The molecule has 24 heavy (non-hydrogen) atoms. The number of ether oxygens (including phenoxy) is 1. The summed E-state index contributed by atoms with van der Waals surface area (Å²) in [4.78, 5) is 9.86. The van der Waals surface area contributed by atoms with Gasteiger partial charge < -0.3 is 9.64 Å². The molecule has 0 amide bonds. The van der Waals surface area contributed by atoms with Gasteiger partial charge in [-0.2, -0.15) is 10.1 Å². The molecule has 1 aromatic heterocycles. The molecule has 1 N–H and O–H groups in total. The lowest BCUT2D eigenvalue weighted by Crippen LogP contribution is -2.37. The van der Waals surface area contributed by atoms with Crippen LogP contribution in [-0.2, 0) is 4.74 Å². The summed E-state index contributed by atoms with van der Waals surface area (Å²) in [7, 11) is 0. The van der Waals surface area contributed by atoms with E-state index in [2.05, 4.69) is 20.5 Å². The zero-order valence-electron chi connectivity index (χ0n) is 12.5. The van der Waals surface area contributed by atoms with Crippen molar-refractivity contribution in [3.05, 3.63) is 45.8 Å². The fourth-order valence-corrected chi connectivity index (χ4v) is 2.63. The SMILES string of the molecule is Fc1cnc(N/N=C/c2ccc(Cl)cc2Cl)nc1N1CCOCC1. The maximum atomic E-state index is 13.9. The van der Waals surface area contributed by atoms with Crippen molar-refractivity contribution in [3.63, 3.8) is 0 Å². The van der Waals surface area contributed by atoms with Crippen LogP contribution in [0.15, 0.2) is 29.5 Å².